The van der Waals surface area contributed by atoms with E-state index in [1.54, 1.807) is 0 Å². The Morgan fingerprint density at radius 3 is 2.25 bits per heavy atom. The maximum absolute atomic E-state index is 10.9. The average Bonchev–Trinajstić information content (AvgIpc) is 3.42. The Bertz CT molecular complexity index is 635. The van der Waals surface area contributed by atoms with E-state index in [1.807, 2.05) is 17.8 Å². The van der Waals surface area contributed by atoms with E-state index in [4.69, 9.17) is 0 Å². The van der Waals surface area contributed by atoms with E-state index in [2.05, 4.69) is 62.4 Å². The van der Waals surface area contributed by atoms with Gasteiger partial charge >= 0.3 is 0 Å². The van der Waals surface area contributed by atoms with E-state index in [9.17, 15) is 5.11 Å². The van der Waals surface area contributed by atoms with Crippen molar-refractivity contribution in [3.63, 3.8) is 0 Å². The molecule has 2 aliphatic rings. The molecule has 2 heteroatoms. The fraction of sp³-hybridized carbons (Fsp3) is 0.455. The lowest BCUT2D eigenvalue weighted by Gasteiger charge is -2.27. The highest BCUT2D eigenvalue weighted by atomic mass is 32.2. The maximum atomic E-state index is 10.9. The summed E-state index contributed by atoms with van der Waals surface area (Å²) in [6.45, 7) is 4.45. The number of hydrogen-bond donors (Lipinski definition) is 1. The van der Waals surface area contributed by atoms with Crippen LogP contribution in [0.25, 0.3) is 0 Å². The number of thioether (sulfide) groups is 1. The lowest BCUT2D eigenvalue weighted by molar-refractivity contribution is 0.101. The van der Waals surface area contributed by atoms with Crippen molar-refractivity contribution in [2.24, 2.45) is 11.8 Å². The summed E-state index contributed by atoms with van der Waals surface area (Å²) in [7, 11) is 0. The lowest BCUT2D eigenvalue weighted by Crippen LogP contribution is -2.28. The highest BCUT2D eigenvalue weighted by Crippen LogP contribution is 2.42. The van der Waals surface area contributed by atoms with Crippen molar-refractivity contribution in [3.05, 3.63) is 65.7 Å². The fourth-order valence-corrected chi connectivity index (χ4v) is 4.55. The number of rotatable bonds is 2. The minimum Gasteiger partial charge on any atom is -0.392 e. The van der Waals surface area contributed by atoms with Crippen molar-refractivity contribution in [1.82, 2.24) is 0 Å². The third-order valence-electron chi connectivity index (χ3n) is 5.08. The van der Waals surface area contributed by atoms with Gasteiger partial charge in [-0.15, -0.1) is 11.8 Å². The molecular formula is C22H28OS. The quantitative estimate of drug-likeness (QED) is 0.753. The fourth-order valence-electron chi connectivity index (χ4n) is 3.18. The Morgan fingerprint density at radius 2 is 1.62 bits per heavy atom. The van der Waals surface area contributed by atoms with Crippen molar-refractivity contribution in [3.8, 4) is 0 Å². The zero-order valence-electron chi connectivity index (χ0n) is 14.7. The van der Waals surface area contributed by atoms with E-state index in [0.29, 0.717) is 5.92 Å². The summed E-state index contributed by atoms with van der Waals surface area (Å²) in [6.07, 6.45) is 3.68. The topological polar surface area (TPSA) is 20.2 Å². The Kier molecular flexibility index (Phi) is 6.02. The summed E-state index contributed by atoms with van der Waals surface area (Å²) in [5, 5.41) is 10.9. The molecule has 1 nitrogen and oxygen atoms in total. The average molecular weight is 341 g/mol. The third-order valence-corrected chi connectivity index (χ3v) is 6.36. The van der Waals surface area contributed by atoms with Crippen LogP contribution in [0, 0.1) is 11.8 Å². The second kappa shape index (κ2) is 8.22. The van der Waals surface area contributed by atoms with Crippen LogP contribution < -0.4 is 0 Å². The van der Waals surface area contributed by atoms with Crippen molar-refractivity contribution in [2.75, 3.05) is 5.75 Å². The van der Waals surface area contributed by atoms with E-state index in [0.717, 1.165) is 18.1 Å². The lowest BCUT2D eigenvalue weighted by atomic mass is 9.81. The Labute approximate surface area is 150 Å². The normalized spacial score (nSPS) is 25.9. The highest BCUT2D eigenvalue weighted by molar-refractivity contribution is 7.99. The first-order valence-electron chi connectivity index (χ1n) is 9.15. The van der Waals surface area contributed by atoms with Crippen molar-refractivity contribution < 1.29 is 5.11 Å². The number of aliphatic hydroxyl groups excluding tert-OH is 1. The van der Waals surface area contributed by atoms with Gasteiger partial charge in [-0.05, 0) is 29.0 Å². The Hall–Kier alpha value is -1.25. The van der Waals surface area contributed by atoms with Gasteiger partial charge in [-0.25, -0.2) is 0 Å². The molecule has 2 aromatic rings. The van der Waals surface area contributed by atoms with Gasteiger partial charge in [0.2, 0.25) is 0 Å². The molecular weight excluding hydrogens is 312 g/mol. The molecule has 1 saturated carbocycles. The second-order valence-electron chi connectivity index (χ2n) is 7.08. The van der Waals surface area contributed by atoms with Crippen LogP contribution in [-0.2, 0) is 0 Å². The van der Waals surface area contributed by atoms with Gasteiger partial charge in [0.25, 0.3) is 0 Å². The van der Waals surface area contributed by atoms with Gasteiger partial charge in [0.15, 0.2) is 0 Å². The molecule has 2 aromatic carbocycles. The first kappa shape index (κ1) is 17.6. The molecule has 4 rings (SSSR count). The van der Waals surface area contributed by atoms with Gasteiger partial charge < -0.3 is 5.11 Å². The Balaban J connectivity index is 0.000000370. The summed E-state index contributed by atoms with van der Waals surface area (Å²) in [5.41, 5.74) is 2.49. The summed E-state index contributed by atoms with van der Waals surface area (Å²) >= 11 is 1.88. The SMILES string of the molecule is CC1CC1.CCC1CSc2ccccc2C(c2ccccc2)C1O. The summed E-state index contributed by atoms with van der Waals surface area (Å²) in [6, 6.07) is 18.9. The molecule has 0 saturated heterocycles. The van der Waals surface area contributed by atoms with Gasteiger partial charge in [-0.3, -0.25) is 0 Å². The molecule has 1 N–H and O–H groups in total. The number of hydrogen-bond acceptors (Lipinski definition) is 2. The number of aliphatic hydroxyl groups is 1. The van der Waals surface area contributed by atoms with Crippen LogP contribution in [0.1, 0.15) is 50.2 Å². The monoisotopic (exact) mass is 340 g/mol. The van der Waals surface area contributed by atoms with Crippen molar-refractivity contribution in [1.29, 1.82) is 0 Å². The molecule has 24 heavy (non-hydrogen) atoms. The smallest absolute Gasteiger partial charge is 0.0685 e. The molecule has 3 atom stereocenters. The predicted octanol–water partition coefficient (Wildman–Crippen LogP) is 5.73. The van der Waals surface area contributed by atoms with Crippen molar-refractivity contribution >= 4 is 11.8 Å². The summed E-state index contributed by atoms with van der Waals surface area (Å²) < 4.78 is 0. The molecule has 1 fully saturated rings. The van der Waals surface area contributed by atoms with Crippen LogP contribution in [0.2, 0.25) is 0 Å². The zero-order valence-corrected chi connectivity index (χ0v) is 15.5. The Morgan fingerprint density at radius 1 is 1.00 bits per heavy atom. The van der Waals surface area contributed by atoms with Crippen LogP contribution in [-0.4, -0.2) is 17.0 Å². The highest BCUT2D eigenvalue weighted by Gasteiger charge is 2.33. The molecule has 128 valence electrons. The second-order valence-corrected chi connectivity index (χ2v) is 8.14. The standard InChI is InChI=1S/C18H20OS.C4H8/c1-2-13-12-20-16-11-7-6-10-15(16)17(18(13)19)14-8-4-3-5-9-14;1-4-2-3-4/h3-11,13,17-19H,2,12H2,1H3;4H,2-3H2,1H3. The summed E-state index contributed by atoms with van der Waals surface area (Å²) in [4.78, 5) is 1.32. The first-order chi connectivity index (χ1) is 11.7. The molecule has 0 bridgehead atoms. The zero-order chi connectivity index (χ0) is 16.9. The van der Waals surface area contributed by atoms with Crippen LogP contribution in [0.15, 0.2) is 59.5 Å². The van der Waals surface area contributed by atoms with Crippen molar-refractivity contribution in [2.45, 2.75) is 50.0 Å². The third kappa shape index (κ3) is 4.23. The van der Waals surface area contributed by atoms with Crippen LogP contribution in [0.5, 0.6) is 0 Å². The van der Waals surface area contributed by atoms with E-state index < -0.39 is 0 Å². The van der Waals surface area contributed by atoms with Gasteiger partial charge in [-0.2, -0.15) is 0 Å². The predicted molar refractivity (Wildman–Crippen MR) is 104 cm³/mol. The van der Waals surface area contributed by atoms with Gasteiger partial charge in [0.05, 0.1) is 6.10 Å². The number of benzene rings is 2. The minimum absolute atomic E-state index is 0.0901. The van der Waals surface area contributed by atoms with E-state index >= 15 is 0 Å². The van der Waals surface area contributed by atoms with Crippen LogP contribution in [0.4, 0.5) is 0 Å². The van der Waals surface area contributed by atoms with Gasteiger partial charge in [-0.1, -0.05) is 81.6 Å². The minimum atomic E-state index is -0.307. The first-order valence-corrected chi connectivity index (χ1v) is 10.1. The molecule has 1 heterocycles. The maximum Gasteiger partial charge on any atom is 0.0685 e. The van der Waals surface area contributed by atoms with Gasteiger partial charge in [0, 0.05) is 16.6 Å². The molecule has 0 radical (unpaired) electrons. The van der Waals surface area contributed by atoms with E-state index in [1.165, 1.54) is 28.9 Å². The summed E-state index contributed by atoms with van der Waals surface area (Å²) in [5.74, 6) is 2.52. The molecule has 0 aromatic heterocycles. The van der Waals surface area contributed by atoms with Gasteiger partial charge in [0.1, 0.15) is 0 Å². The van der Waals surface area contributed by atoms with E-state index in [-0.39, 0.29) is 12.0 Å². The molecule has 1 aliphatic carbocycles. The van der Waals surface area contributed by atoms with Crippen LogP contribution in [0.3, 0.4) is 0 Å². The largest absolute Gasteiger partial charge is 0.392 e. The molecule has 0 amide bonds. The molecule has 3 unspecified atom stereocenters. The number of fused-ring (bicyclic) bond motifs is 1. The molecule has 1 aliphatic heterocycles. The molecule has 0 spiro atoms. The van der Waals surface area contributed by atoms with Crippen LogP contribution >= 0.6 is 11.8 Å².